The number of imide groups is 1. The SMILES string of the molecule is CCc1ccc(N2C(=O)S[C@@H](Nc3ccc(S(N)(=O)=O)cc3)C2=O)cc1. The average Bonchev–Trinajstić information content (AvgIpc) is 2.88. The highest BCUT2D eigenvalue weighted by atomic mass is 32.2. The van der Waals surface area contributed by atoms with Crippen molar-refractivity contribution in [2.75, 3.05) is 10.2 Å². The van der Waals surface area contributed by atoms with Crippen LogP contribution in [-0.2, 0) is 21.2 Å². The van der Waals surface area contributed by atoms with Gasteiger partial charge in [-0.25, -0.2) is 18.5 Å². The quantitative estimate of drug-likeness (QED) is 0.810. The second-order valence-corrected chi connectivity index (χ2v) is 8.29. The van der Waals surface area contributed by atoms with Gasteiger partial charge in [0.1, 0.15) is 0 Å². The number of anilines is 2. The molecular formula is C17H17N3O4S2. The first kappa shape index (κ1) is 18.4. The molecule has 1 heterocycles. The normalized spacial score (nSPS) is 17.6. The Labute approximate surface area is 155 Å². The molecule has 7 nitrogen and oxygen atoms in total. The summed E-state index contributed by atoms with van der Waals surface area (Å²) in [6.07, 6.45) is 0.871. The summed E-state index contributed by atoms with van der Waals surface area (Å²) in [7, 11) is -3.78. The molecule has 1 aliphatic heterocycles. The number of carbonyl (C=O) groups is 2. The van der Waals surface area contributed by atoms with Gasteiger partial charge in [-0.15, -0.1) is 0 Å². The number of hydrogen-bond donors (Lipinski definition) is 2. The van der Waals surface area contributed by atoms with Crippen molar-refractivity contribution in [3.63, 3.8) is 0 Å². The van der Waals surface area contributed by atoms with Gasteiger partial charge in [-0.1, -0.05) is 19.1 Å². The molecule has 26 heavy (non-hydrogen) atoms. The molecule has 1 aliphatic rings. The zero-order chi connectivity index (χ0) is 18.9. The fourth-order valence-electron chi connectivity index (χ4n) is 2.51. The molecule has 9 heteroatoms. The highest BCUT2D eigenvalue weighted by Crippen LogP contribution is 2.32. The number of rotatable bonds is 5. The topological polar surface area (TPSA) is 110 Å². The molecule has 1 atom stereocenters. The smallest absolute Gasteiger partial charge is 0.295 e. The summed E-state index contributed by atoms with van der Waals surface area (Å²) >= 11 is 0.875. The fourth-order valence-corrected chi connectivity index (χ4v) is 3.93. The van der Waals surface area contributed by atoms with Crippen molar-refractivity contribution in [3.05, 3.63) is 54.1 Å². The minimum atomic E-state index is -3.78. The van der Waals surface area contributed by atoms with E-state index in [-0.39, 0.29) is 16.0 Å². The van der Waals surface area contributed by atoms with Crippen molar-refractivity contribution in [3.8, 4) is 0 Å². The Kier molecular flexibility index (Phi) is 5.03. The number of nitrogens with one attached hydrogen (secondary N) is 1. The third-order valence-corrected chi connectivity index (χ3v) is 5.80. The molecule has 0 saturated carbocycles. The lowest BCUT2D eigenvalue weighted by molar-refractivity contribution is -0.116. The number of aryl methyl sites for hydroxylation is 1. The third kappa shape index (κ3) is 3.74. The minimum Gasteiger partial charge on any atom is -0.365 e. The van der Waals surface area contributed by atoms with Gasteiger partial charge in [0, 0.05) is 5.69 Å². The predicted molar refractivity (Wildman–Crippen MR) is 102 cm³/mol. The molecule has 1 fully saturated rings. The minimum absolute atomic E-state index is 0.0258. The maximum Gasteiger partial charge on any atom is 0.295 e. The maximum atomic E-state index is 12.6. The zero-order valence-electron chi connectivity index (χ0n) is 13.9. The Hall–Kier alpha value is -2.36. The average molecular weight is 391 g/mol. The number of benzene rings is 2. The number of primary sulfonamides is 1. The van der Waals surface area contributed by atoms with Crippen LogP contribution < -0.4 is 15.4 Å². The summed E-state index contributed by atoms with van der Waals surface area (Å²) in [5.74, 6) is -0.375. The van der Waals surface area contributed by atoms with E-state index in [1.807, 2.05) is 19.1 Å². The van der Waals surface area contributed by atoms with Crippen LogP contribution in [0.15, 0.2) is 53.4 Å². The second-order valence-electron chi connectivity index (χ2n) is 5.67. The Bertz CT molecular complexity index is 941. The van der Waals surface area contributed by atoms with Crippen LogP contribution in [0.4, 0.5) is 16.2 Å². The van der Waals surface area contributed by atoms with Crippen LogP contribution in [0, 0.1) is 0 Å². The first-order valence-electron chi connectivity index (χ1n) is 7.82. The maximum absolute atomic E-state index is 12.6. The molecule has 0 radical (unpaired) electrons. The molecular weight excluding hydrogens is 374 g/mol. The van der Waals surface area contributed by atoms with Crippen molar-refractivity contribution in [1.29, 1.82) is 0 Å². The van der Waals surface area contributed by atoms with E-state index < -0.39 is 15.4 Å². The molecule has 136 valence electrons. The monoisotopic (exact) mass is 391 g/mol. The predicted octanol–water partition coefficient (Wildman–Crippen LogP) is 2.53. The molecule has 3 rings (SSSR count). The molecule has 2 aromatic carbocycles. The summed E-state index contributed by atoms with van der Waals surface area (Å²) in [5.41, 5.74) is 2.16. The Balaban J connectivity index is 1.76. The zero-order valence-corrected chi connectivity index (χ0v) is 15.5. The Morgan fingerprint density at radius 3 is 2.23 bits per heavy atom. The van der Waals surface area contributed by atoms with Crippen molar-refractivity contribution in [1.82, 2.24) is 0 Å². The molecule has 0 aromatic heterocycles. The standard InChI is InChI=1S/C17H17N3O4S2/c1-2-11-3-7-13(8-4-11)20-16(21)15(25-17(20)22)19-12-5-9-14(10-6-12)26(18,23)24/h3-10,15,19H,2H2,1H3,(H2,18,23,24)/t15-/m1/s1. The van der Waals surface area contributed by atoms with Gasteiger partial charge in [0.25, 0.3) is 11.1 Å². The Morgan fingerprint density at radius 2 is 1.69 bits per heavy atom. The van der Waals surface area contributed by atoms with Gasteiger partial charge in [0.15, 0.2) is 5.37 Å². The highest BCUT2D eigenvalue weighted by molar-refractivity contribution is 8.16. The van der Waals surface area contributed by atoms with E-state index in [4.69, 9.17) is 5.14 Å². The first-order chi connectivity index (χ1) is 12.3. The van der Waals surface area contributed by atoms with E-state index in [1.54, 1.807) is 12.1 Å². The number of sulfonamides is 1. The lowest BCUT2D eigenvalue weighted by Gasteiger charge is -2.15. The lowest BCUT2D eigenvalue weighted by atomic mass is 10.1. The van der Waals surface area contributed by atoms with Crippen LogP contribution in [-0.4, -0.2) is 24.9 Å². The number of thioether (sulfide) groups is 1. The number of nitrogens with two attached hydrogens (primary N) is 1. The van der Waals surface area contributed by atoms with Crippen LogP contribution in [0.25, 0.3) is 0 Å². The van der Waals surface area contributed by atoms with Crippen LogP contribution in [0.1, 0.15) is 12.5 Å². The fraction of sp³-hybridized carbons (Fsp3) is 0.176. The summed E-state index contributed by atoms with van der Waals surface area (Å²) in [5, 5.41) is 6.85. The molecule has 2 amide bonds. The van der Waals surface area contributed by atoms with Gasteiger partial charge in [0.05, 0.1) is 10.6 Å². The van der Waals surface area contributed by atoms with Gasteiger partial charge in [-0.05, 0) is 60.1 Å². The molecule has 3 N–H and O–H groups in total. The molecule has 0 unspecified atom stereocenters. The summed E-state index contributed by atoms with van der Waals surface area (Å²) in [4.78, 5) is 26.0. The summed E-state index contributed by atoms with van der Waals surface area (Å²) < 4.78 is 22.6. The van der Waals surface area contributed by atoms with E-state index in [2.05, 4.69) is 5.32 Å². The van der Waals surface area contributed by atoms with Crippen LogP contribution >= 0.6 is 11.8 Å². The first-order valence-corrected chi connectivity index (χ1v) is 10.2. The number of nitrogens with zero attached hydrogens (tertiary/aromatic N) is 1. The van der Waals surface area contributed by atoms with Gasteiger partial charge in [0.2, 0.25) is 10.0 Å². The van der Waals surface area contributed by atoms with Gasteiger partial charge in [-0.2, -0.15) is 0 Å². The molecule has 0 bridgehead atoms. The highest BCUT2D eigenvalue weighted by Gasteiger charge is 2.40. The molecule has 0 spiro atoms. The van der Waals surface area contributed by atoms with Crippen molar-refractivity contribution in [2.45, 2.75) is 23.6 Å². The summed E-state index contributed by atoms with van der Waals surface area (Å²) in [6, 6.07) is 12.9. The largest absolute Gasteiger partial charge is 0.365 e. The number of carbonyl (C=O) groups excluding carboxylic acids is 2. The summed E-state index contributed by atoms with van der Waals surface area (Å²) in [6.45, 7) is 2.03. The van der Waals surface area contributed by atoms with Crippen LogP contribution in [0.5, 0.6) is 0 Å². The van der Waals surface area contributed by atoms with E-state index in [0.29, 0.717) is 11.4 Å². The third-order valence-electron chi connectivity index (χ3n) is 3.93. The number of amides is 2. The van der Waals surface area contributed by atoms with Gasteiger partial charge in [-0.3, -0.25) is 9.59 Å². The van der Waals surface area contributed by atoms with Crippen LogP contribution in [0.2, 0.25) is 0 Å². The van der Waals surface area contributed by atoms with Gasteiger partial charge < -0.3 is 5.32 Å². The Morgan fingerprint density at radius 1 is 1.08 bits per heavy atom. The lowest BCUT2D eigenvalue weighted by Crippen LogP contribution is -2.34. The molecule has 2 aromatic rings. The van der Waals surface area contributed by atoms with E-state index in [9.17, 15) is 18.0 Å². The second kappa shape index (κ2) is 7.10. The van der Waals surface area contributed by atoms with E-state index in [0.717, 1.165) is 28.6 Å². The molecule has 1 saturated heterocycles. The van der Waals surface area contributed by atoms with Crippen molar-refractivity contribution < 1.29 is 18.0 Å². The van der Waals surface area contributed by atoms with E-state index >= 15 is 0 Å². The van der Waals surface area contributed by atoms with Gasteiger partial charge >= 0.3 is 0 Å². The van der Waals surface area contributed by atoms with E-state index in [1.165, 1.54) is 24.3 Å². The number of hydrogen-bond acceptors (Lipinski definition) is 6. The van der Waals surface area contributed by atoms with Crippen molar-refractivity contribution >= 4 is 44.3 Å². The van der Waals surface area contributed by atoms with Crippen molar-refractivity contribution in [2.24, 2.45) is 5.14 Å². The molecule has 0 aliphatic carbocycles. The van der Waals surface area contributed by atoms with Crippen LogP contribution in [0.3, 0.4) is 0 Å².